The Morgan fingerprint density at radius 1 is 0.938 bits per heavy atom. The maximum absolute atomic E-state index is 9.86. The van der Waals surface area contributed by atoms with Gasteiger partial charge in [-0.1, -0.05) is 60.7 Å². The zero-order chi connectivity index (χ0) is 22.0. The first-order valence-corrected chi connectivity index (χ1v) is 11.5. The van der Waals surface area contributed by atoms with Crippen LogP contribution >= 0.6 is 0 Å². The van der Waals surface area contributed by atoms with Crippen molar-refractivity contribution in [2.75, 3.05) is 6.54 Å². The zero-order valence-electron chi connectivity index (χ0n) is 18.1. The van der Waals surface area contributed by atoms with E-state index in [9.17, 15) is 10.4 Å². The Hall–Kier alpha value is -3.13. The van der Waals surface area contributed by atoms with Crippen LogP contribution in [0.5, 0.6) is 5.75 Å². The third-order valence-corrected chi connectivity index (χ3v) is 6.89. The van der Waals surface area contributed by atoms with Crippen LogP contribution in [0.1, 0.15) is 42.4 Å². The number of hydrogen-bond donors (Lipinski definition) is 2. The van der Waals surface area contributed by atoms with Gasteiger partial charge in [0, 0.05) is 30.1 Å². The molecule has 1 saturated carbocycles. The van der Waals surface area contributed by atoms with Crippen molar-refractivity contribution < 1.29 is 9.84 Å². The summed E-state index contributed by atoms with van der Waals surface area (Å²) in [6.45, 7) is 0.683. The molecule has 0 spiro atoms. The molecule has 1 atom stereocenters. The predicted molar refractivity (Wildman–Crippen MR) is 125 cm³/mol. The average Bonchev–Trinajstić information content (AvgIpc) is 3.24. The van der Waals surface area contributed by atoms with Gasteiger partial charge in [0.25, 0.3) is 0 Å². The standard InChI is InChI=1S/C28H28N2O2/c29-18-21-11-16-26-25(27(21)20-7-3-1-4-8-20)17-28(32-26,22-9-5-2-6-10-22)19-30-23-12-14-24(31)15-13-23/h1-11,16,23-24,30-31H,12-15,17,19H2/t23-,24-,28-/m1/s1. The Morgan fingerprint density at radius 3 is 2.31 bits per heavy atom. The van der Waals surface area contributed by atoms with E-state index >= 15 is 0 Å². The largest absolute Gasteiger partial charge is 0.481 e. The number of ether oxygens (including phenoxy) is 1. The molecule has 1 aliphatic heterocycles. The fourth-order valence-electron chi connectivity index (χ4n) is 5.15. The van der Waals surface area contributed by atoms with E-state index in [-0.39, 0.29) is 6.10 Å². The Morgan fingerprint density at radius 2 is 1.62 bits per heavy atom. The van der Waals surface area contributed by atoms with Gasteiger partial charge in [0.1, 0.15) is 5.75 Å². The van der Waals surface area contributed by atoms with Crippen molar-refractivity contribution in [2.24, 2.45) is 0 Å². The number of nitrogens with zero attached hydrogens (tertiary/aromatic N) is 1. The second-order valence-corrected chi connectivity index (χ2v) is 8.97. The summed E-state index contributed by atoms with van der Waals surface area (Å²) in [7, 11) is 0. The molecular formula is C28H28N2O2. The van der Waals surface area contributed by atoms with Crippen molar-refractivity contribution in [3.63, 3.8) is 0 Å². The van der Waals surface area contributed by atoms with E-state index < -0.39 is 5.60 Å². The van der Waals surface area contributed by atoms with E-state index in [0.29, 0.717) is 24.6 Å². The second kappa shape index (κ2) is 8.78. The SMILES string of the molecule is N#Cc1ccc2c(c1-c1ccccc1)C[C@@](CN[C@H]1CC[C@H](O)CC1)(c1ccccc1)O2. The maximum atomic E-state index is 9.86. The molecule has 2 aliphatic rings. The van der Waals surface area contributed by atoms with Crippen LogP contribution in [0.3, 0.4) is 0 Å². The van der Waals surface area contributed by atoms with E-state index in [1.54, 1.807) is 0 Å². The van der Waals surface area contributed by atoms with E-state index in [2.05, 4.69) is 47.8 Å². The molecular weight excluding hydrogens is 396 g/mol. The van der Waals surface area contributed by atoms with Crippen molar-refractivity contribution in [3.05, 3.63) is 89.5 Å². The molecule has 1 fully saturated rings. The van der Waals surface area contributed by atoms with Gasteiger partial charge in [-0.3, -0.25) is 0 Å². The molecule has 3 aromatic carbocycles. The Balaban J connectivity index is 1.52. The van der Waals surface area contributed by atoms with Gasteiger partial charge in [-0.15, -0.1) is 0 Å². The first-order chi connectivity index (χ1) is 15.7. The normalized spacial score (nSPS) is 24.4. The summed E-state index contributed by atoms with van der Waals surface area (Å²) in [5.41, 5.74) is 4.40. The van der Waals surface area contributed by atoms with Crippen molar-refractivity contribution in [1.82, 2.24) is 5.32 Å². The monoisotopic (exact) mass is 424 g/mol. The molecule has 0 bridgehead atoms. The minimum absolute atomic E-state index is 0.166. The minimum atomic E-state index is -0.530. The molecule has 1 aliphatic carbocycles. The summed E-state index contributed by atoms with van der Waals surface area (Å²) < 4.78 is 6.73. The van der Waals surface area contributed by atoms with Crippen LogP contribution in [-0.4, -0.2) is 23.8 Å². The molecule has 162 valence electrons. The summed E-state index contributed by atoms with van der Waals surface area (Å²) in [5, 5.41) is 23.4. The lowest BCUT2D eigenvalue weighted by atomic mass is 9.84. The molecule has 4 heteroatoms. The number of aliphatic hydroxyl groups excluding tert-OH is 1. The fraction of sp³-hybridized carbons (Fsp3) is 0.321. The summed E-state index contributed by atoms with van der Waals surface area (Å²) in [6.07, 6.45) is 4.19. The van der Waals surface area contributed by atoms with Gasteiger partial charge >= 0.3 is 0 Å². The number of rotatable bonds is 5. The lowest BCUT2D eigenvalue weighted by molar-refractivity contribution is 0.0762. The lowest BCUT2D eigenvalue weighted by Gasteiger charge is -2.34. The zero-order valence-corrected chi connectivity index (χ0v) is 18.1. The fourth-order valence-corrected chi connectivity index (χ4v) is 5.15. The van der Waals surface area contributed by atoms with Gasteiger partial charge < -0.3 is 15.2 Å². The number of hydrogen-bond acceptors (Lipinski definition) is 4. The van der Waals surface area contributed by atoms with Crippen molar-refractivity contribution in [2.45, 2.75) is 49.9 Å². The van der Waals surface area contributed by atoms with Crippen LogP contribution in [0.4, 0.5) is 0 Å². The Labute approximate surface area is 189 Å². The average molecular weight is 425 g/mol. The van der Waals surface area contributed by atoms with Crippen molar-refractivity contribution >= 4 is 0 Å². The molecule has 4 nitrogen and oxygen atoms in total. The van der Waals surface area contributed by atoms with E-state index in [1.165, 1.54) is 0 Å². The quantitative estimate of drug-likeness (QED) is 0.608. The van der Waals surface area contributed by atoms with Crippen molar-refractivity contribution in [3.8, 4) is 22.9 Å². The maximum Gasteiger partial charge on any atom is 0.150 e. The van der Waals surface area contributed by atoms with E-state index in [0.717, 1.165) is 53.7 Å². The van der Waals surface area contributed by atoms with Crippen LogP contribution in [0, 0.1) is 11.3 Å². The lowest BCUT2D eigenvalue weighted by Crippen LogP contribution is -2.46. The van der Waals surface area contributed by atoms with Crippen LogP contribution in [0.25, 0.3) is 11.1 Å². The van der Waals surface area contributed by atoms with Gasteiger partial charge in [0.2, 0.25) is 0 Å². The van der Waals surface area contributed by atoms with Gasteiger partial charge in [-0.05, 0) is 48.9 Å². The molecule has 3 aromatic rings. The highest BCUT2D eigenvalue weighted by Crippen LogP contribution is 2.46. The smallest absolute Gasteiger partial charge is 0.150 e. The van der Waals surface area contributed by atoms with Crippen LogP contribution in [-0.2, 0) is 12.0 Å². The Kier molecular flexibility index (Phi) is 5.70. The minimum Gasteiger partial charge on any atom is -0.481 e. The highest BCUT2D eigenvalue weighted by atomic mass is 16.5. The number of fused-ring (bicyclic) bond motifs is 1. The molecule has 0 saturated heterocycles. The predicted octanol–water partition coefficient (Wildman–Crippen LogP) is 4.95. The first-order valence-electron chi connectivity index (χ1n) is 11.5. The number of benzene rings is 3. The third-order valence-electron chi connectivity index (χ3n) is 6.89. The van der Waals surface area contributed by atoms with Crippen LogP contribution < -0.4 is 10.1 Å². The van der Waals surface area contributed by atoms with Gasteiger partial charge in [-0.2, -0.15) is 5.26 Å². The molecule has 32 heavy (non-hydrogen) atoms. The Bertz CT molecular complexity index is 1120. The van der Waals surface area contributed by atoms with Crippen molar-refractivity contribution in [1.29, 1.82) is 5.26 Å². The van der Waals surface area contributed by atoms with E-state index in [1.807, 2.05) is 36.4 Å². The highest BCUT2D eigenvalue weighted by Gasteiger charge is 2.43. The second-order valence-electron chi connectivity index (χ2n) is 8.97. The number of nitriles is 1. The number of aliphatic hydroxyl groups is 1. The van der Waals surface area contributed by atoms with Crippen LogP contribution in [0.15, 0.2) is 72.8 Å². The topological polar surface area (TPSA) is 65.3 Å². The molecule has 5 rings (SSSR count). The molecule has 0 amide bonds. The summed E-state index contributed by atoms with van der Waals surface area (Å²) >= 11 is 0. The third kappa shape index (κ3) is 3.90. The van der Waals surface area contributed by atoms with Crippen LogP contribution in [0.2, 0.25) is 0 Å². The highest BCUT2D eigenvalue weighted by molar-refractivity contribution is 5.77. The molecule has 0 aromatic heterocycles. The first kappa shape index (κ1) is 20.8. The van der Waals surface area contributed by atoms with Gasteiger partial charge in [0.15, 0.2) is 5.60 Å². The van der Waals surface area contributed by atoms with Gasteiger partial charge in [-0.25, -0.2) is 0 Å². The molecule has 0 radical (unpaired) electrons. The molecule has 1 heterocycles. The van der Waals surface area contributed by atoms with E-state index in [4.69, 9.17) is 4.74 Å². The summed E-state index contributed by atoms with van der Waals surface area (Å²) in [4.78, 5) is 0. The summed E-state index contributed by atoms with van der Waals surface area (Å²) in [6, 6.07) is 27.1. The number of nitrogens with one attached hydrogen (secondary N) is 1. The molecule has 2 N–H and O–H groups in total. The molecule has 0 unspecified atom stereocenters. The summed E-state index contributed by atoms with van der Waals surface area (Å²) in [5.74, 6) is 0.854. The van der Waals surface area contributed by atoms with Gasteiger partial charge in [0.05, 0.1) is 17.7 Å².